The van der Waals surface area contributed by atoms with E-state index in [1.165, 1.54) is 18.2 Å². The zero-order valence-electron chi connectivity index (χ0n) is 17.0. The van der Waals surface area contributed by atoms with Crippen molar-refractivity contribution in [3.8, 4) is 0 Å². The first-order chi connectivity index (χ1) is 14.4. The second-order valence-electron chi connectivity index (χ2n) is 7.44. The van der Waals surface area contributed by atoms with Crippen LogP contribution in [0, 0.1) is 26.6 Å². The molecule has 0 saturated carbocycles. The van der Waals surface area contributed by atoms with Gasteiger partial charge in [-0.25, -0.2) is 9.29 Å². The van der Waals surface area contributed by atoms with E-state index in [0.29, 0.717) is 11.3 Å². The number of nitrogens with one attached hydrogen (secondary N) is 1. The second kappa shape index (κ2) is 7.59. The van der Waals surface area contributed by atoms with Crippen molar-refractivity contribution in [3.05, 3.63) is 100 Å². The molecule has 150 valence electrons. The van der Waals surface area contributed by atoms with Crippen molar-refractivity contribution in [2.45, 2.75) is 20.8 Å². The van der Waals surface area contributed by atoms with Gasteiger partial charge in [-0.2, -0.15) is 0 Å². The molecule has 4 nitrogen and oxygen atoms in total. The summed E-state index contributed by atoms with van der Waals surface area (Å²) in [6.45, 7) is 5.87. The van der Waals surface area contributed by atoms with E-state index in [4.69, 9.17) is 0 Å². The Kier molecular flexibility index (Phi) is 4.96. The van der Waals surface area contributed by atoms with Gasteiger partial charge in [0.15, 0.2) is 0 Å². The number of imide groups is 1. The third-order valence-corrected chi connectivity index (χ3v) is 5.26. The number of para-hydroxylation sites is 1. The lowest BCUT2D eigenvalue weighted by Crippen LogP contribution is -2.33. The molecule has 30 heavy (non-hydrogen) atoms. The van der Waals surface area contributed by atoms with E-state index in [1.54, 1.807) is 6.07 Å². The van der Waals surface area contributed by atoms with Crippen LogP contribution in [0.3, 0.4) is 0 Å². The van der Waals surface area contributed by atoms with E-state index in [2.05, 4.69) is 5.32 Å². The fraction of sp³-hybridized carbons (Fsp3) is 0.120. The number of aryl methyl sites for hydroxylation is 3. The van der Waals surface area contributed by atoms with Crippen molar-refractivity contribution in [3.63, 3.8) is 0 Å². The molecule has 0 bridgehead atoms. The monoisotopic (exact) mass is 400 g/mol. The van der Waals surface area contributed by atoms with Crippen molar-refractivity contribution >= 4 is 28.8 Å². The molecular formula is C25H21FN2O2. The molecule has 1 N–H and O–H groups in total. The van der Waals surface area contributed by atoms with E-state index in [1.807, 2.05) is 63.2 Å². The van der Waals surface area contributed by atoms with Gasteiger partial charge < -0.3 is 5.32 Å². The lowest BCUT2D eigenvalue weighted by Gasteiger charge is -2.16. The van der Waals surface area contributed by atoms with E-state index in [0.717, 1.165) is 21.6 Å². The fourth-order valence-electron chi connectivity index (χ4n) is 3.53. The maximum Gasteiger partial charge on any atom is 0.282 e. The lowest BCUT2D eigenvalue weighted by molar-refractivity contribution is -0.120. The Morgan fingerprint density at radius 1 is 0.800 bits per heavy atom. The minimum atomic E-state index is -0.629. The first-order valence-electron chi connectivity index (χ1n) is 9.65. The van der Waals surface area contributed by atoms with Gasteiger partial charge in [0.2, 0.25) is 0 Å². The normalized spacial score (nSPS) is 13.9. The summed E-state index contributed by atoms with van der Waals surface area (Å²) in [5, 5.41) is 3.11. The molecule has 0 aliphatic carbocycles. The first kappa shape index (κ1) is 19.6. The molecule has 3 aromatic rings. The Morgan fingerprint density at radius 3 is 2.27 bits per heavy atom. The third-order valence-electron chi connectivity index (χ3n) is 5.26. The van der Waals surface area contributed by atoms with E-state index in [9.17, 15) is 14.0 Å². The van der Waals surface area contributed by atoms with Crippen molar-refractivity contribution in [1.82, 2.24) is 0 Å². The maximum atomic E-state index is 14.5. The number of carbonyl (C=O) groups excluding carboxylic acids is 2. The molecule has 4 rings (SSSR count). The number of hydrogen-bond acceptors (Lipinski definition) is 3. The standard InChI is InChI=1S/C25H21FN2O2/c1-15-7-6-8-19(13-15)27-23-22(18-12-11-16(2)17(3)14-18)24(29)28(25(23)30)21-10-5-4-9-20(21)26/h4-14,27H,1-3H3. The van der Waals surface area contributed by atoms with Gasteiger partial charge >= 0.3 is 0 Å². The van der Waals surface area contributed by atoms with Gasteiger partial charge in [0.25, 0.3) is 11.8 Å². The molecular weight excluding hydrogens is 379 g/mol. The van der Waals surface area contributed by atoms with E-state index < -0.39 is 17.6 Å². The Balaban J connectivity index is 1.87. The average Bonchev–Trinajstić information content (AvgIpc) is 2.94. The predicted molar refractivity (Wildman–Crippen MR) is 117 cm³/mol. The number of carbonyl (C=O) groups is 2. The quantitative estimate of drug-likeness (QED) is 0.617. The number of rotatable bonds is 4. The number of hydrogen-bond donors (Lipinski definition) is 1. The predicted octanol–water partition coefficient (Wildman–Crippen LogP) is 5.15. The smallest absolute Gasteiger partial charge is 0.282 e. The average molecular weight is 400 g/mol. The number of benzene rings is 3. The highest BCUT2D eigenvalue weighted by Crippen LogP contribution is 2.35. The van der Waals surface area contributed by atoms with Crippen LogP contribution in [0.15, 0.2) is 72.4 Å². The molecule has 0 aromatic heterocycles. The highest BCUT2D eigenvalue weighted by Gasteiger charge is 2.41. The van der Waals surface area contributed by atoms with Crippen molar-refractivity contribution in [2.24, 2.45) is 0 Å². The van der Waals surface area contributed by atoms with Gasteiger partial charge in [-0.3, -0.25) is 9.59 Å². The van der Waals surface area contributed by atoms with Crippen LogP contribution < -0.4 is 10.2 Å². The summed E-state index contributed by atoms with van der Waals surface area (Å²) in [7, 11) is 0. The lowest BCUT2D eigenvalue weighted by atomic mass is 9.99. The summed E-state index contributed by atoms with van der Waals surface area (Å²) in [5.74, 6) is -1.77. The summed E-state index contributed by atoms with van der Waals surface area (Å²) in [5.41, 5.74) is 4.69. The molecule has 1 aliphatic rings. The fourth-order valence-corrected chi connectivity index (χ4v) is 3.53. The topological polar surface area (TPSA) is 49.4 Å². The Labute approximate surface area is 174 Å². The van der Waals surface area contributed by atoms with Gasteiger partial charge in [-0.05, 0) is 67.3 Å². The zero-order chi connectivity index (χ0) is 21.4. The highest BCUT2D eigenvalue weighted by atomic mass is 19.1. The van der Waals surface area contributed by atoms with Crippen LogP contribution in [0.1, 0.15) is 22.3 Å². The highest BCUT2D eigenvalue weighted by molar-refractivity contribution is 6.46. The van der Waals surface area contributed by atoms with Crippen LogP contribution in [0.2, 0.25) is 0 Å². The molecule has 5 heteroatoms. The van der Waals surface area contributed by atoms with Crippen LogP contribution in [0.4, 0.5) is 15.8 Å². The van der Waals surface area contributed by atoms with Gasteiger partial charge in [0, 0.05) is 5.69 Å². The van der Waals surface area contributed by atoms with Gasteiger partial charge in [-0.1, -0.05) is 42.5 Å². The maximum absolute atomic E-state index is 14.5. The molecule has 2 amide bonds. The van der Waals surface area contributed by atoms with Crippen molar-refractivity contribution in [1.29, 1.82) is 0 Å². The largest absolute Gasteiger partial charge is 0.350 e. The number of anilines is 2. The summed E-state index contributed by atoms with van der Waals surface area (Å²) in [6, 6.07) is 18.9. The molecule has 3 aromatic carbocycles. The number of nitrogens with zero attached hydrogens (tertiary/aromatic N) is 1. The number of amides is 2. The van der Waals surface area contributed by atoms with Crippen LogP contribution in [0.5, 0.6) is 0 Å². The second-order valence-corrected chi connectivity index (χ2v) is 7.44. The Bertz CT molecular complexity index is 1210. The van der Waals surface area contributed by atoms with E-state index in [-0.39, 0.29) is 17.0 Å². The summed E-state index contributed by atoms with van der Waals surface area (Å²) >= 11 is 0. The molecule has 0 unspecified atom stereocenters. The molecule has 0 spiro atoms. The van der Waals surface area contributed by atoms with Crippen LogP contribution in [-0.2, 0) is 9.59 Å². The molecule has 1 heterocycles. The Morgan fingerprint density at radius 2 is 1.57 bits per heavy atom. The molecule has 0 atom stereocenters. The van der Waals surface area contributed by atoms with Crippen LogP contribution >= 0.6 is 0 Å². The Hall–Kier alpha value is -3.73. The molecule has 0 fully saturated rings. The summed E-state index contributed by atoms with van der Waals surface area (Å²) < 4.78 is 14.5. The number of halogens is 1. The van der Waals surface area contributed by atoms with Crippen molar-refractivity contribution in [2.75, 3.05) is 10.2 Å². The zero-order valence-corrected chi connectivity index (χ0v) is 17.0. The first-order valence-corrected chi connectivity index (χ1v) is 9.65. The minimum absolute atomic E-state index is 0.0603. The van der Waals surface area contributed by atoms with Crippen molar-refractivity contribution < 1.29 is 14.0 Å². The molecule has 0 radical (unpaired) electrons. The SMILES string of the molecule is Cc1cccc(NC2=C(c3ccc(C)c(C)c3)C(=O)N(c3ccccc3F)C2=O)c1. The van der Waals surface area contributed by atoms with Crippen LogP contribution in [0.25, 0.3) is 5.57 Å². The molecule has 0 saturated heterocycles. The van der Waals surface area contributed by atoms with Gasteiger partial charge in [0.05, 0.1) is 11.3 Å². The summed E-state index contributed by atoms with van der Waals surface area (Å²) in [6.07, 6.45) is 0. The van der Waals surface area contributed by atoms with Gasteiger partial charge in [-0.15, -0.1) is 0 Å². The van der Waals surface area contributed by atoms with Crippen LogP contribution in [-0.4, -0.2) is 11.8 Å². The summed E-state index contributed by atoms with van der Waals surface area (Å²) in [4.78, 5) is 27.6. The van der Waals surface area contributed by atoms with E-state index >= 15 is 0 Å². The minimum Gasteiger partial charge on any atom is -0.350 e. The third kappa shape index (κ3) is 3.39. The van der Waals surface area contributed by atoms with Gasteiger partial charge in [0.1, 0.15) is 11.5 Å². The molecule has 1 aliphatic heterocycles.